The number of hydrogen-bond acceptors (Lipinski definition) is 2. The number of hydrogen-bond donors (Lipinski definition) is 1. The summed E-state index contributed by atoms with van der Waals surface area (Å²) in [6.07, 6.45) is 2.48. The average molecular weight is 534 g/mol. The minimum absolute atomic E-state index is 0.0506. The summed E-state index contributed by atoms with van der Waals surface area (Å²) >= 11 is 6.21. The maximum Gasteiger partial charge on any atom is 0.223 e. The lowest BCUT2D eigenvalue weighted by molar-refractivity contribution is -0.133. The normalized spacial score (nSPS) is 15.1. The fourth-order valence-electron chi connectivity index (χ4n) is 5.90. The topological polar surface area (TPSA) is 39.3 Å². The molecule has 1 fully saturated rings. The quantitative estimate of drug-likeness (QED) is 0.239. The molecule has 1 amide bonds. The lowest BCUT2D eigenvalue weighted by Crippen LogP contribution is -2.50. The third-order valence-corrected chi connectivity index (χ3v) is 8.16. The summed E-state index contributed by atoms with van der Waals surface area (Å²) in [5, 5.41) is 1.86. The van der Waals surface area contributed by atoms with E-state index in [9.17, 15) is 4.79 Å². The van der Waals surface area contributed by atoms with Gasteiger partial charge in [0.15, 0.2) is 0 Å². The maximum absolute atomic E-state index is 13.8. The van der Waals surface area contributed by atoms with E-state index in [0.717, 1.165) is 48.2 Å². The number of nitrogens with zero attached hydrogens (tertiary/aromatic N) is 2. The zero-order valence-electron chi connectivity index (χ0n) is 21.8. The molecule has 0 spiro atoms. The van der Waals surface area contributed by atoms with E-state index in [0.29, 0.717) is 11.4 Å². The van der Waals surface area contributed by atoms with Crippen molar-refractivity contribution in [3.63, 3.8) is 0 Å². The Morgan fingerprint density at radius 1 is 0.718 bits per heavy atom. The number of aromatic amines is 1. The number of amides is 1. The number of aromatic nitrogens is 1. The van der Waals surface area contributed by atoms with Gasteiger partial charge in [0.1, 0.15) is 0 Å². The number of carbonyl (C=O) groups excluding carboxylic acids is 1. The van der Waals surface area contributed by atoms with E-state index < -0.39 is 0 Å². The summed E-state index contributed by atoms with van der Waals surface area (Å²) < 4.78 is 0. The Hall–Kier alpha value is -3.86. The predicted octanol–water partition coefficient (Wildman–Crippen LogP) is 7.28. The Labute approximate surface area is 234 Å². The molecule has 2 heterocycles. The van der Waals surface area contributed by atoms with Crippen LogP contribution in [-0.4, -0.2) is 46.9 Å². The van der Waals surface area contributed by atoms with E-state index in [1.165, 1.54) is 11.1 Å². The molecule has 1 N–H and O–H groups in total. The van der Waals surface area contributed by atoms with Crippen LogP contribution in [0.5, 0.6) is 0 Å². The third-order valence-electron chi connectivity index (χ3n) is 7.91. The Balaban J connectivity index is 1.21. The molecule has 196 valence electrons. The summed E-state index contributed by atoms with van der Waals surface area (Å²) in [5.74, 6) is 0.140. The smallest absolute Gasteiger partial charge is 0.223 e. The molecule has 6 rings (SSSR count). The number of benzene rings is 4. The van der Waals surface area contributed by atoms with Crippen LogP contribution < -0.4 is 0 Å². The van der Waals surface area contributed by atoms with Crippen LogP contribution in [0.15, 0.2) is 115 Å². The van der Waals surface area contributed by atoms with Gasteiger partial charge in [-0.15, -0.1) is 0 Å². The lowest BCUT2D eigenvalue weighted by Gasteiger charge is -2.40. The Bertz CT molecular complexity index is 1480. The molecular formula is C34H32ClN3O. The molecule has 0 aliphatic carbocycles. The average Bonchev–Trinajstić information content (AvgIpc) is 3.42. The molecule has 1 aromatic heterocycles. The van der Waals surface area contributed by atoms with Gasteiger partial charge >= 0.3 is 0 Å². The number of rotatable bonds is 7. The van der Waals surface area contributed by atoms with Crippen molar-refractivity contribution >= 4 is 28.4 Å². The first-order valence-corrected chi connectivity index (χ1v) is 14.0. The molecule has 0 radical (unpaired) electrons. The molecule has 5 aromatic rings. The van der Waals surface area contributed by atoms with Crippen molar-refractivity contribution in [1.82, 2.24) is 14.8 Å². The first-order chi connectivity index (χ1) is 19.2. The van der Waals surface area contributed by atoms with E-state index in [-0.39, 0.29) is 17.9 Å². The second kappa shape index (κ2) is 11.5. The number of halogens is 1. The second-order valence-electron chi connectivity index (χ2n) is 10.2. The van der Waals surface area contributed by atoms with Gasteiger partial charge in [0.05, 0.1) is 6.04 Å². The monoisotopic (exact) mass is 533 g/mol. The number of nitrogens with one attached hydrogen (secondary N) is 1. The van der Waals surface area contributed by atoms with Gasteiger partial charge in [0, 0.05) is 60.6 Å². The van der Waals surface area contributed by atoms with Gasteiger partial charge in [-0.3, -0.25) is 9.69 Å². The molecule has 1 atom stereocenters. The number of H-pyrrole nitrogens is 1. The summed E-state index contributed by atoms with van der Waals surface area (Å²) in [5.41, 5.74) is 5.90. The van der Waals surface area contributed by atoms with Crippen LogP contribution in [0.3, 0.4) is 0 Å². The summed E-state index contributed by atoms with van der Waals surface area (Å²) in [7, 11) is 0. The number of para-hydroxylation sites is 1. The first-order valence-electron chi connectivity index (χ1n) is 13.6. The van der Waals surface area contributed by atoms with E-state index in [1.54, 1.807) is 0 Å². The molecule has 1 saturated heterocycles. The second-order valence-corrected chi connectivity index (χ2v) is 10.7. The predicted molar refractivity (Wildman–Crippen MR) is 159 cm³/mol. The maximum atomic E-state index is 13.8. The fourth-order valence-corrected chi connectivity index (χ4v) is 6.03. The minimum Gasteiger partial charge on any atom is -0.361 e. The van der Waals surface area contributed by atoms with Crippen molar-refractivity contribution in [3.05, 3.63) is 143 Å². The molecule has 0 saturated carbocycles. The van der Waals surface area contributed by atoms with E-state index in [1.807, 2.05) is 35.2 Å². The van der Waals surface area contributed by atoms with Crippen molar-refractivity contribution in [2.24, 2.45) is 0 Å². The molecule has 4 aromatic carbocycles. The summed E-state index contributed by atoms with van der Waals surface area (Å²) in [4.78, 5) is 21.7. The Kier molecular flexibility index (Phi) is 7.49. The first kappa shape index (κ1) is 25.4. The summed E-state index contributed by atoms with van der Waals surface area (Å²) in [6.45, 7) is 3.10. The van der Waals surface area contributed by atoms with Gasteiger partial charge in [0.2, 0.25) is 5.91 Å². The van der Waals surface area contributed by atoms with E-state index >= 15 is 0 Å². The molecule has 0 unspecified atom stereocenters. The van der Waals surface area contributed by atoms with Crippen LogP contribution in [0.25, 0.3) is 10.9 Å². The highest BCUT2D eigenvalue weighted by molar-refractivity contribution is 6.30. The van der Waals surface area contributed by atoms with Gasteiger partial charge in [-0.25, -0.2) is 0 Å². The van der Waals surface area contributed by atoms with E-state index in [2.05, 4.69) is 94.9 Å². The van der Waals surface area contributed by atoms with E-state index in [4.69, 9.17) is 11.6 Å². The lowest BCUT2D eigenvalue weighted by atomic mass is 9.87. The van der Waals surface area contributed by atoms with Gasteiger partial charge < -0.3 is 9.88 Å². The number of fused-ring (bicyclic) bond motifs is 1. The van der Waals surface area contributed by atoms with Crippen molar-refractivity contribution in [3.8, 4) is 0 Å². The largest absolute Gasteiger partial charge is 0.361 e. The van der Waals surface area contributed by atoms with Crippen molar-refractivity contribution in [2.75, 3.05) is 26.2 Å². The molecular weight excluding hydrogens is 502 g/mol. The Morgan fingerprint density at radius 3 is 1.95 bits per heavy atom. The van der Waals surface area contributed by atoms with Crippen LogP contribution in [0.2, 0.25) is 5.02 Å². The number of piperazine rings is 1. The van der Waals surface area contributed by atoms with Crippen molar-refractivity contribution in [2.45, 2.75) is 18.4 Å². The van der Waals surface area contributed by atoms with Gasteiger partial charge in [-0.1, -0.05) is 103 Å². The van der Waals surface area contributed by atoms with Crippen LogP contribution in [0, 0.1) is 0 Å². The minimum atomic E-state index is -0.0506. The fraction of sp³-hybridized carbons (Fsp3) is 0.206. The van der Waals surface area contributed by atoms with Crippen LogP contribution in [0.1, 0.15) is 40.6 Å². The highest BCUT2D eigenvalue weighted by atomic mass is 35.5. The Morgan fingerprint density at radius 2 is 1.31 bits per heavy atom. The van der Waals surface area contributed by atoms with Gasteiger partial charge in [-0.05, 0) is 40.5 Å². The highest BCUT2D eigenvalue weighted by Crippen LogP contribution is 2.35. The standard InChI is InChI=1S/C34H32ClN3O/c35-28-17-15-25(16-18-28)30(31-24-36-32-14-8-7-13-29(31)32)23-33(39)37-19-21-38(22-20-37)34(26-9-3-1-4-10-26)27-11-5-2-6-12-27/h1-18,24,30,34,36H,19-23H2/t30-/m0/s1. The highest BCUT2D eigenvalue weighted by Gasteiger charge is 2.30. The SMILES string of the molecule is O=C(C[C@@H](c1ccc(Cl)cc1)c1c[nH]c2ccccc12)N1CCN(C(c2ccccc2)c2ccccc2)CC1. The molecule has 4 nitrogen and oxygen atoms in total. The van der Waals surface area contributed by atoms with Crippen molar-refractivity contribution < 1.29 is 4.79 Å². The van der Waals surface area contributed by atoms with Crippen LogP contribution in [-0.2, 0) is 4.79 Å². The zero-order chi connectivity index (χ0) is 26.6. The van der Waals surface area contributed by atoms with Crippen molar-refractivity contribution in [1.29, 1.82) is 0 Å². The molecule has 1 aliphatic heterocycles. The zero-order valence-corrected chi connectivity index (χ0v) is 22.6. The molecule has 39 heavy (non-hydrogen) atoms. The third kappa shape index (κ3) is 5.49. The number of carbonyl (C=O) groups is 1. The summed E-state index contributed by atoms with van der Waals surface area (Å²) in [6, 6.07) is 37.7. The molecule has 1 aliphatic rings. The molecule has 5 heteroatoms. The van der Waals surface area contributed by atoms with Gasteiger partial charge in [-0.2, -0.15) is 0 Å². The van der Waals surface area contributed by atoms with Gasteiger partial charge in [0.25, 0.3) is 0 Å². The molecule has 0 bridgehead atoms. The van der Waals surface area contributed by atoms with Crippen LogP contribution >= 0.6 is 11.6 Å². The van der Waals surface area contributed by atoms with Crippen LogP contribution in [0.4, 0.5) is 0 Å².